The number of alkyl halides is 3. The highest BCUT2D eigenvalue weighted by molar-refractivity contribution is 7.15. The molecule has 41 heavy (non-hydrogen) atoms. The molecule has 3 atom stereocenters. The van der Waals surface area contributed by atoms with Crippen molar-refractivity contribution in [1.82, 2.24) is 20.4 Å². The molecular formula is C29H29F3N4O4S. The van der Waals surface area contributed by atoms with Gasteiger partial charge in [-0.3, -0.25) is 9.51 Å². The van der Waals surface area contributed by atoms with Gasteiger partial charge in [-0.05, 0) is 55.4 Å². The van der Waals surface area contributed by atoms with Gasteiger partial charge in [0, 0.05) is 24.2 Å². The number of rotatable bonds is 9. The number of hydrogen-bond acceptors (Lipinski definition) is 8. The van der Waals surface area contributed by atoms with Crippen LogP contribution in [0.25, 0.3) is 22.0 Å². The van der Waals surface area contributed by atoms with Crippen LogP contribution in [0.2, 0.25) is 0 Å². The molecule has 4 aromatic rings. The van der Waals surface area contributed by atoms with Crippen LogP contribution in [-0.4, -0.2) is 28.3 Å². The van der Waals surface area contributed by atoms with Crippen molar-refractivity contribution in [2.45, 2.75) is 57.5 Å². The highest BCUT2D eigenvalue weighted by Crippen LogP contribution is 2.45. The number of aromatic amines is 1. The van der Waals surface area contributed by atoms with E-state index in [2.05, 4.69) is 20.0 Å². The molecule has 0 radical (unpaired) electrons. The maximum Gasteiger partial charge on any atom is 0.439 e. The van der Waals surface area contributed by atoms with Gasteiger partial charge in [-0.2, -0.15) is 13.2 Å². The molecule has 8 nitrogen and oxygen atoms in total. The molecule has 2 saturated carbocycles. The van der Waals surface area contributed by atoms with Crippen molar-refractivity contribution in [1.29, 1.82) is 0 Å². The lowest BCUT2D eigenvalue weighted by atomic mass is 9.63. The van der Waals surface area contributed by atoms with Crippen LogP contribution in [0.1, 0.15) is 48.2 Å². The molecular weight excluding hydrogens is 557 g/mol. The number of methoxy groups -OCH3 is 1. The predicted molar refractivity (Wildman–Crippen MR) is 147 cm³/mol. The van der Waals surface area contributed by atoms with Crippen molar-refractivity contribution in [3.05, 3.63) is 69.1 Å². The van der Waals surface area contributed by atoms with E-state index in [1.165, 1.54) is 56.3 Å². The average Bonchev–Trinajstić information content (AvgIpc) is 3.57. The first-order valence-corrected chi connectivity index (χ1v) is 14.4. The zero-order valence-electron chi connectivity index (χ0n) is 22.3. The van der Waals surface area contributed by atoms with Gasteiger partial charge in [0.15, 0.2) is 5.82 Å². The lowest BCUT2D eigenvalue weighted by Gasteiger charge is -2.46. The molecule has 0 saturated heterocycles. The molecule has 0 amide bonds. The molecule has 2 fully saturated rings. The molecule has 2 unspecified atom stereocenters. The maximum atomic E-state index is 13.1. The van der Waals surface area contributed by atoms with E-state index in [-0.39, 0.29) is 12.4 Å². The zero-order valence-corrected chi connectivity index (χ0v) is 23.1. The molecule has 6 rings (SSSR count). The number of ether oxygens (including phenoxy) is 2. The average molecular weight is 587 g/mol. The molecule has 2 aliphatic rings. The van der Waals surface area contributed by atoms with Crippen LogP contribution in [-0.2, 0) is 19.3 Å². The second kappa shape index (κ2) is 11.3. The van der Waals surface area contributed by atoms with E-state index in [0.29, 0.717) is 46.1 Å². The van der Waals surface area contributed by atoms with Crippen LogP contribution in [0.15, 0.2) is 51.8 Å². The van der Waals surface area contributed by atoms with Crippen LogP contribution in [0, 0.1) is 11.8 Å². The Kier molecular flexibility index (Phi) is 7.60. The van der Waals surface area contributed by atoms with Crippen molar-refractivity contribution < 1.29 is 27.2 Å². The van der Waals surface area contributed by atoms with E-state index >= 15 is 0 Å². The SMILES string of the molecule is COc1cc(OCc2sc(-c3ccc(C(F)(F)F)cc3)nc2CN[C@@H]2CCCC3CCC32)ccc1-c1noc(=O)[nH]1. The summed E-state index contributed by atoms with van der Waals surface area (Å²) in [6.07, 6.45) is 1.85. The van der Waals surface area contributed by atoms with Gasteiger partial charge in [-0.15, -0.1) is 11.3 Å². The van der Waals surface area contributed by atoms with E-state index in [0.717, 1.165) is 35.0 Å². The molecule has 12 heteroatoms. The van der Waals surface area contributed by atoms with E-state index in [1.54, 1.807) is 18.2 Å². The Labute approximate surface area is 237 Å². The lowest BCUT2D eigenvalue weighted by molar-refractivity contribution is -0.137. The smallest absolute Gasteiger partial charge is 0.439 e. The Balaban J connectivity index is 1.22. The van der Waals surface area contributed by atoms with Gasteiger partial charge in [-0.1, -0.05) is 30.1 Å². The van der Waals surface area contributed by atoms with Crippen LogP contribution in [0.3, 0.4) is 0 Å². The summed E-state index contributed by atoms with van der Waals surface area (Å²) in [5.74, 6) is 2.07. The monoisotopic (exact) mass is 586 g/mol. The standard InChI is InChI=1S/C29H29F3N4O4S/c1-38-24-13-19(10-12-21(24)26-35-28(37)40-36-26)39-15-25-23(14-33-22-4-2-3-16-7-11-20(16)22)34-27(41-25)17-5-8-18(9-6-17)29(30,31)32/h5-6,8-10,12-13,16,20,22,33H,2-4,7,11,14-15H2,1H3,(H,35,36,37)/t16?,20?,22-/m1/s1. The highest BCUT2D eigenvalue weighted by Gasteiger charge is 2.39. The fraction of sp³-hybridized carbons (Fsp3) is 0.414. The summed E-state index contributed by atoms with van der Waals surface area (Å²) in [5.41, 5.74) is 1.30. The van der Waals surface area contributed by atoms with Gasteiger partial charge in [-0.25, -0.2) is 9.78 Å². The first-order chi connectivity index (χ1) is 19.8. The second-order valence-electron chi connectivity index (χ2n) is 10.5. The van der Waals surface area contributed by atoms with Crippen molar-refractivity contribution in [3.63, 3.8) is 0 Å². The molecule has 216 valence electrons. The minimum Gasteiger partial charge on any atom is -0.496 e. The number of hydrogen-bond donors (Lipinski definition) is 2. The third kappa shape index (κ3) is 5.89. The molecule has 2 heterocycles. The van der Waals surface area contributed by atoms with E-state index in [9.17, 15) is 18.0 Å². The first-order valence-electron chi connectivity index (χ1n) is 13.6. The minimum atomic E-state index is -4.39. The van der Waals surface area contributed by atoms with Gasteiger partial charge < -0.3 is 14.8 Å². The number of nitrogens with one attached hydrogen (secondary N) is 2. The molecule has 2 aromatic heterocycles. The Morgan fingerprint density at radius 2 is 1.95 bits per heavy atom. The Bertz CT molecular complexity index is 1560. The van der Waals surface area contributed by atoms with Crippen molar-refractivity contribution in [3.8, 4) is 33.5 Å². The van der Waals surface area contributed by atoms with Crippen LogP contribution < -0.4 is 20.5 Å². The third-order valence-corrected chi connectivity index (χ3v) is 9.21. The Hall–Kier alpha value is -3.64. The van der Waals surface area contributed by atoms with E-state index in [4.69, 9.17) is 14.5 Å². The summed E-state index contributed by atoms with van der Waals surface area (Å²) in [4.78, 5) is 19.6. The van der Waals surface area contributed by atoms with Gasteiger partial charge in [0.2, 0.25) is 0 Å². The lowest BCUT2D eigenvalue weighted by Crippen LogP contribution is -2.47. The summed E-state index contributed by atoms with van der Waals surface area (Å²) in [6.45, 7) is 0.779. The fourth-order valence-corrected chi connectivity index (χ4v) is 6.79. The second-order valence-corrected chi connectivity index (χ2v) is 11.6. The first kappa shape index (κ1) is 27.5. The fourth-order valence-electron chi connectivity index (χ4n) is 5.79. The van der Waals surface area contributed by atoms with Gasteiger partial charge in [0.1, 0.15) is 23.1 Å². The molecule has 2 aromatic carbocycles. The van der Waals surface area contributed by atoms with E-state index in [1.807, 2.05) is 0 Å². The van der Waals surface area contributed by atoms with Crippen LogP contribution in [0.4, 0.5) is 13.2 Å². The summed E-state index contributed by atoms with van der Waals surface area (Å²) in [5, 5.41) is 8.08. The number of H-pyrrole nitrogens is 1. The van der Waals surface area contributed by atoms with Crippen molar-refractivity contribution >= 4 is 11.3 Å². The minimum absolute atomic E-state index is 0.218. The molecule has 0 bridgehead atoms. The van der Waals surface area contributed by atoms with Gasteiger partial charge in [0.05, 0.1) is 28.8 Å². The predicted octanol–water partition coefficient (Wildman–Crippen LogP) is 6.43. The normalized spacial score (nSPS) is 20.3. The Morgan fingerprint density at radius 3 is 2.63 bits per heavy atom. The van der Waals surface area contributed by atoms with Crippen LogP contribution in [0.5, 0.6) is 11.5 Å². The molecule has 0 spiro atoms. The van der Waals surface area contributed by atoms with Crippen LogP contribution >= 0.6 is 11.3 Å². The summed E-state index contributed by atoms with van der Waals surface area (Å²) in [6, 6.07) is 10.7. The summed E-state index contributed by atoms with van der Waals surface area (Å²) < 4.78 is 55.5. The molecule has 2 N–H and O–H groups in total. The summed E-state index contributed by atoms with van der Waals surface area (Å²) >= 11 is 1.41. The number of benzene rings is 2. The quantitative estimate of drug-likeness (QED) is 0.233. The largest absolute Gasteiger partial charge is 0.496 e. The van der Waals surface area contributed by atoms with E-state index < -0.39 is 17.5 Å². The topological polar surface area (TPSA) is 102 Å². The zero-order chi connectivity index (χ0) is 28.6. The molecule has 2 aliphatic carbocycles. The van der Waals surface area contributed by atoms with Gasteiger partial charge in [0.25, 0.3) is 0 Å². The maximum absolute atomic E-state index is 13.1. The van der Waals surface area contributed by atoms with Crippen molar-refractivity contribution in [2.24, 2.45) is 11.8 Å². The Morgan fingerprint density at radius 1 is 1.12 bits per heavy atom. The highest BCUT2D eigenvalue weighted by atomic mass is 32.1. The summed E-state index contributed by atoms with van der Waals surface area (Å²) in [7, 11) is 1.50. The van der Waals surface area contributed by atoms with Gasteiger partial charge >= 0.3 is 11.9 Å². The number of halogens is 3. The third-order valence-electron chi connectivity index (χ3n) is 8.09. The van der Waals surface area contributed by atoms with Crippen molar-refractivity contribution in [2.75, 3.05) is 7.11 Å². The number of aromatic nitrogens is 3. The molecule has 0 aliphatic heterocycles. The number of nitrogens with zero attached hydrogens (tertiary/aromatic N) is 2. The number of fused-ring (bicyclic) bond motifs is 1. The number of thiazole rings is 1.